The van der Waals surface area contributed by atoms with E-state index in [0.29, 0.717) is 29.1 Å². The lowest BCUT2D eigenvalue weighted by molar-refractivity contribution is 0.0955. The largest absolute Gasteiger partial charge is 0.489 e. The lowest BCUT2D eigenvalue weighted by Crippen LogP contribution is -2.22. The molecule has 0 heterocycles. The molecule has 0 aliphatic carbocycles. The van der Waals surface area contributed by atoms with E-state index in [1.165, 1.54) is 12.1 Å². The van der Waals surface area contributed by atoms with Crippen LogP contribution >= 0.6 is 0 Å². The Morgan fingerprint density at radius 2 is 1.62 bits per heavy atom. The lowest BCUT2D eigenvalue weighted by Gasteiger charge is -2.09. The fourth-order valence-electron chi connectivity index (χ4n) is 2.65. The van der Waals surface area contributed by atoms with E-state index in [1.54, 1.807) is 60.7 Å². The zero-order valence-corrected chi connectivity index (χ0v) is 15.9. The average molecular weight is 392 g/mol. The Morgan fingerprint density at radius 3 is 2.31 bits per heavy atom. The van der Waals surface area contributed by atoms with Crippen LogP contribution in [0.4, 0.5) is 10.1 Å². The number of hydrogen-bond donors (Lipinski definition) is 2. The molecule has 0 atom stereocenters. The highest BCUT2D eigenvalue weighted by atomic mass is 19.1. The first-order valence-corrected chi connectivity index (χ1v) is 9.22. The van der Waals surface area contributed by atoms with Gasteiger partial charge in [0, 0.05) is 23.4 Å². The van der Waals surface area contributed by atoms with Gasteiger partial charge in [-0.25, -0.2) is 4.39 Å². The third-order valence-electron chi connectivity index (χ3n) is 4.16. The first kappa shape index (κ1) is 20.1. The molecular weight excluding hydrogens is 371 g/mol. The van der Waals surface area contributed by atoms with Gasteiger partial charge in [0.1, 0.15) is 18.2 Å². The van der Waals surface area contributed by atoms with Crippen LogP contribution < -0.4 is 15.4 Å². The minimum atomic E-state index is -0.300. The monoisotopic (exact) mass is 392 g/mol. The average Bonchev–Trinajstić information content (AvgIpc) is 2.74. The van der Waals surface area contributed by atoms with E-state index in [1.807, 2.05) is 6.92 Å². The fourth-order valence-corrected chi connectivity index (χ4v) is 2.65. The van der Waals surface area contributed by atoms with Gasteiger partial charge in [0.2, 0.25) is 0 Å². The normalized spacial score (nSPS) is 10.3. The van der Waals surface area contributed by atoms with Crippen LogP contribution in [0.1, 0.15) is 33.2 Å². The molecule has 0 fully saturated rings. The van der Waals surface area contributed by atoms with Crippen LogP contribution in [0.3, 0.4) is 0 Å². The van der Waals surface area contributed by atoms with Crippen LogP contribution in [-0.4, -0.2) is 18.4 Å². The Bertz CT molecular complexity index is 986. The minimum Gasteiger partial charge on any atom is -0.489 e. The molecule has 2 amide bonds. The number of benzene rings is 3. The molecule has 3 rings (SSSR count). The van der Waals surface area contributed by atoms with Gasteiger partial charge in [-0.2, -0.15) is 0 Å². The zero-order chi connectivity index (χ0) is 20.6. The molecule has 29 heavy (non-hydrogen) atoms. The Balaban J connectivity index is 1.61. The molecule has 6 heteroatoms. The second kappa shape index (κ2) is 9.50. The Labute approximate surface area is 168 Å². The number of nitrogens with one attached hydrogen (secondary N) is 2. The maximum Gasteiger partial charge on any atom is 0.255 e. The highest BCUT2D eigenvalue weighted by Gasteiger charge is 2.09. The van der Waals surface area contributed by atoms with E-state index in [9.17, 15) is 14.0 Å². The SMILES string of the molecule is CCNC(=O)c1ccc(NC(=O)c2cccc(OCc3ccc(F)cc3)c2)cc1. The van der Waals surface area contributed by atoms with Gasteiger partial charge >= 0.3 is 0 Å². The molecule has 5 nitrogen and oxygen atoms in total. The number of anilines is 1. The van der Waals surface area contributed by atoms with E-state index in [0.717, 1.165) is 5.56 Å². The smallest absolute Gasteiger partial charge is 0.255 e. The van der Waals surface area contributed by atoms with Gasteiger partial charge in [-0.3, -0.25) is 9.59 Å². The summed E-state index contributed by atoms with van der Waals surface area (Å²) in [6.07, 6.45) is 0. The third kappa shape index (κ3) is 5.65. The zero-order valence-electron chi connectivity index (χ0n) is 15.9. The van der Waals surface area contributed by atoms with Crippen LogP contribution in [0.5, 0.6) is 5.75 Å². The van der Waals surface area contributed by atoms with E-state index < -0.39 is 0 Å². The molecule has 0 bridgehead atoms. The summed E-state index contributed by atoms with van der Waals surface area (Å²) in [5.41, 5.74) is 2.38. The van der Waals surface area contributed by atoms with Gasteiger partial charge in [0.05, 0.1) is 0 Å². The standard InChI is InChI=1S/C23H21FN2O3/c1-2-25-22(27)17-8-12-20(13-9-17)26-23(28)18-4-3-5-21(14-18)29-15-16-6-10-19(24)11-7-16/h3-14H,2,15H2,1H3,(H,25,27)(H,26,28). The number of ether oxygens (including phenoxy) is 1. The summed E-state index contributed by atoms with van der Waals surface area (Å²) >= 11 is 0. The fraction of sp³-hybridized carbons (Fsp3) is 0.130. The number of rotatable bonds is 7. The number of halogens is 1. The number of carbonyl (C=O) groups excluding carboxylic acids is 2. The molecule has 0 unspecified atom stereocenters. The van der Waals surface area contributed by atoms with Gasteiger partial charge in [0.15, 0.2) is 0 Å². The second-order valence-corrected chi connectivity index (χ2v) is 6.33. The van der Waals surface area contributed by atoms with Crippen molar-refractivity contribution in [2.24, 2.45) is 0 Å². The van der Waals surface area contributed by atoms with Crippen LogP contribution in [0.15, 0.2) is 72.8 Å². The van der Waals surface area contributed by atoms with Gasteiger partial charge in [-0.05, 0) is 67.1 Å². The van der Waals surface area contributed by atoms with Crippen LogP contribution in [0.2, 0.25) is 0 Å². The van der Waals surface area contributed by atoms with Crippen LogP contribution in [-0.2, 0) is 6.61 Å². The molecule has 2 N–H and O–H groups in total. The molecular formula is C23H21FN2O3. The molecule has 0 aromatic heterocycles. The van der Waals surface area contributed by atoms with Crippen molar-refractivity contribution >= 4 is 17.5 Å². The van der Waals surface area contributed by atoms with Gasteiger partial charge < -0.3 is 15.4 Å². The number of amides is 2. The molecule has 0 spiro atoms. The van der Waals surface area contributed by atoms with Crippen molar-refractivity contribution in [1.82, 2.24) is 5.32 Å². The Hall–Kier alpha value is -3.67. The Kier molecular flexibility index (Phi) is 6.58. The van der Waals surface area contributed by atoms with E-state index in [-0.39, 0.29) is 24.2 Å². The van der Waals surface area contributed by atoms with Crippen molar-refractivity contribution in [2.75, 3.05) is 11.9 Å². The van der Waals surface area contributed by atoms with E-state index in [4.69, 9.17) is 4.74 Å². The first-order chi connectivity index (χ1) is 14.0. The molecule has 3 aromatic rings. The molecule has 3 aromatic carbocycles. The first-order valence-electron chi connectivity index (χ1n) is 9.22. The van der Waals surface area contributed by atoms with Crippen molar-refractivity contribution in [3.63, 3.8) is 0 Å². The van der Waals surface area contributed by atoms with Crippen molar-refractivity contribution in [2.45, 2.75) is 13.5 Å². The topological polar surface area (TPSA) is 67.4 Å². The molecule has 0 saturated carbocycles. The summed E-state index contributed by atoms with van der Waals surface area (Å²) in [5, 5.41) is 5.52. The number of hydrogen-bond acceptors (Lipinski definition) is 3. The van der Waals surface area contributed by atoms with Crippen LogP contribution in [0.25, 0.3) is 0 Å². The minimum absolute atomic E-state index is 0.156. The second-order valence-electron chi connectivity index (χ2n) is 6.33. The summed E-state index contributed by atoms with van der Waals surface area (Å²) < 4.78 is 18.7. The van der Waals surface area contributed by atoms with Gasteiger partial charge in [-0.15, -0.1) is 0 Å². The Morgan fingerprint density at radius 1 is 0.897 bits per heavy atom. The maximum atomic E-state index is 13.0. The van der Waals surface area contributed by atoms with Gasteiger partial charge in [0.25, 0.3) is 11.8 Å². The lowest BCUT2D eigenvalue weighted by atomic mass is 10.1. The van der Waals surface area contributed by atoms with E-state index >= 15 is 0 Å². The number of carbonyl (C=O) groups is 2. The summed E-state index contributed by atoms with van der Waals surface area (Å²) in [6.45, 7) is 2.67. The maximum absolute atomic E-state index is 13.0. The van der Waals surface area contributed by atoms with Crippen molar-refractivity contribution in [3.8, 4) is 5.75 Å². The molecule has 148 valence electrons. The molecule has 0 aliphatic rings. The van der Waals surface area contributed by atoms with Crippen LogP contribution in [0, 0.1) is 5.82 Å². The highest BCUT2D eigenvalue weighted by molar-refractivity contribution is 6.04. The summed E-state index contributed by atoms with van der Waals surface area (Å²) in [5.74, 6) is -0.209. The quantitative estimate of drug-likeness (QED) is 0.626. The summed E-state index contributed by atoms with van der Waals surface area (Å²) in [7, 11) is 0. The third-order valence-corrected chi connectivity index (χ3v) is 4.16. The van der Waals surface area contributed by atoms with Crippen molar-refractivity contribution in [3.05, 3.63) is 95.3 Å². The highest BCUT2D eigenvalue weighted by Crippen LogP contribution is 2.17. The van der Waals surface area contributed by atoms with E-state index in [2.05, 4.69) is 10.6 Å². The predicted octanol–water partition coefficient (Wildman–Crippen LogP) is 4.41. The predicted molar refractivity (Wildman–Crippen MR) is 110 cm³/mol. The summed E-state index contributed by atoms with van der Waals surface area (Å²) in [4.78, 5) is 24.3. The summed E-state index contributed by atoms with van der Waals surface area (Å²) in [6, 6.07) is 19.5. The van der Waals surface area contributed by atoms with Crippen molar-refractivity contribution < 1.29 is 18.7 Å². The van der Waals surface area contributed by atoms with Gasteiger partial charge in [-0.1, -0.05) is 18.2 Å². The molecule has 0 saturated heterocycles. The molecule has 0 radical (unpaired) electrons. The van der Waals surface area contributed by atoms with Crippen molar-refractivity contribution in [1.29, 1.82) is 0 Å². The molecule has 0 aliphatic heterocycles.